The van der Waals surface area contributed by atoms with Crippen LogP contribution in [0.5, 0.6) is 0 Å². The van der Waals surface area contributed by atoms with Gasteiger partial charge in [-0.1, -0.05) is 37.1 Å². The summed E-state index contributed by atoms with van der Waals surface area (Å²) >= 11 is 0. The van der Waals surface area contributed by atoms with Crippen LogP contribution in [0, 0.1) is 35.0 Å². The van der Waals surface area contributed by atoms with E-state index in [0.29, 0.717) is 17.3 Å². The molecule has 2 fully saturated rings. The number of hydrogen-bond acceptors (Lipinski definition) is 1. The lowest BCUT2D eigenvalue weighted by Gasteiger charge is -2.43. The fourth-order valence-electron chi connectivity index (χ4n) is 6.78. The molecule has 0 aromatic carbocycles. The second kappa shape index (κ2) is 7.46. The molecule has 0 bridgehead atoms. The van der Waals surface area contributed by atoms with Gasteiger partial charge in [0.2, 0.25) is 0 Å². The van der Waals surface area contributed by atoms with Gasteiger partial charge in [-0.15, -0.1) is 0 Å². The molecule has 148 valence electrons. The second-order valence-corrected chi connectivity index (χ2v) is 10.8. The third-order valence-corrected chi connectivity index (χ3v) is 8.58. The van der Waals surface area contributed by atoms with Crippen LogP contribution in [0.2, 0.25) is 0 Å². The van der Waals surface area contributed by atoms with Crippen LogP contribution in [0.3, 0.4) is 0 Å². The van der Waals surface area contributed by atoms with Crippen LogP contribution in [0.4, 0.5) is 0 Å². The Morgan fingerprint density at radius 1 is 1.23 bits per heavy atom. The Balaban J connectivity index is 1.79. The summed E-state index contributed by atoms with van der Waals surface area (Å²) < 4.78 is 0. The zero-order chi connectivity index (χ0) is 19.1. The molecule has 3 aliphatic carbocycles. The highest BCUT2D eigenvalue weighted by Gasteiger charge is 2.53. The summed E-state index contributed by atoms with van der Waals surface area (Å²) in [6, 6.07) is 0. The number of aliphatic hydroxyl groups is 1. The first-order valence-corrected chi connectivity index (χ1v) is 11.2. The van der Waals surface area contributed by atoms with Crippen molar-refractivity contribution in [2.45, 2.75) is 98.5 Å². The van der Waals surface area contributed by atoms with E-state index in [2.05, 4.69) is 53.7 Å². The topological polar surface area (TPSA) is 20.2 Å². The lowest BCUT2D eigenvalue weighted by molar-refractivity contribution is -0.0183. The molecule has 3 rings (SSSR count). The number of rotatable bonds is 4. The average molecular weight is 359 g/mol. The number of fused-ring (bicyclic) bond motifs is 2. The van der Waals surface area contributed by atoms with E-state index >= 15 is 0 Å². The average Bonchev–Trinajstić information content (AvgIpc) is 3.01. The van der Waals surface area contributed by atoms with Crippen LogP contribution in [0.1, 0.15) is 92.9 Å². The first-order valence-electron chi connectivity index (χ1n) is 11.2. The Kier molecular flexibility index (Phi) is 5.79. The van der Waals surface area contributed by atoms with Gasteiger partial charge in [-0.25, -0.2) is 0 Å². The van der Waals surface area contributed by atoms with E-state index in [4.69, 9.17) is 0 Å². The van der Waals surface area contributed by atoms with Gasteiger partial charge >= 0.3 is 0 Å². The van der Waals surface area contributed by atoms with Gasteiger partial charge in [0.25, 0.3) is 0 Å². The van der Waals surface area contributed by atoms with Crippen LogP contribution >= 0.6 is 0 Å². The van der Waals surface area contributed by atoms with Crippen molar-refractivity contribution in [3.05, 3.63) is 23.3 Å². The minimum atomic E-state index is -0.460. The molecule has 1 nitrogen and oxygen atoms in total. The highest BCUT2D eigenvalue weighted by atomic mass is 16.3. The molecule has 0 unspecified atom stereocenters. The molecular formula is C25H42O. The molecule has 7 atom stereocenters. The smallest absolute Gasteiger partial charge is 0.0653 e. The fourth-order valence-corrected chi connectivity index (χ4v) is 6.78. The van der Waals surface area contributed by atoms with Gasteiger partial charge in [0, 0.05) is 0 Å². The molecule has 2 saturated carbocycles. The standard InChI is InChI=1S/C25H42O/c1-17(2)8-7-9-18(3)20-12-14-24(5)16-23-21(13-15-25(23,6)26)19(4)10-11-22(20)24/h8,10,18,20-23,26H,7,9,11-16H2,1-6H3/b19-10-/t18-,20+,21+,22-,23-,24+,25+/m0/s1. The molecule has 0 heterocycles. The van der Waals surface area contributed by atoms with Gasteiger partial charge in [-0.2, -0.15) is 0 Å². The van der Waals surface area contributed by atoms with E-state index in [1.165, 1.54) is 50.5 Å². The largest absolute Gasteiger partial charge is 0.390 e. The summed E-state index contributed by atoms with van der Waals surface area (Å²) in [7, 11) is 0. The lowest BCUT2D eigenvalue weighted by atomic mass is 9.63. The van der Waals surface area contributed by atoms with Crippen molar-refractivity contribution >= 4 is 0 Å². The minimum Gasteiger partial charge on any atom is -0.390 e. The van der Waals surface area contributed by atoms with Crippen molar-refractivity contribution in [1.82, 2.24) is 0 Å². The van der Waals surface area contributed by atoms with Crippen molar-refractivity contribution in [1.29, 1.82) is 0 Å². The van der Waals surface area contributed by atoms with E-state index in [9.17, 15) is 5.11 Å². The molecular weight excluding hydrogens is 316 g/mol. The highest BCUT2D eigenvalue weighted by Crippen LogP contribution is 2.60. The van der Waals surface area contributed by atoms with E-state index in [0.717, 1.165) is 24.2 Å². The Morgan fingerprint density at radius 3 is 2.65 bits per heavy atom. The van der Waals surface area contributed by atoms with Gasteiger partial charge in [0.1, 0.15) is 0 Å². The van der Waals surface area contributed by atoms with Crippen LogP contribution in [0.15, 0.2) is 23.3 Å². The molecule has 3 aliphatic rings. The van der Waals surface area contributed by atoms with Crippen LogP contribution < -0.4 is 0 Å². The van der Waals surface area contributed by atoms with E-state index in [1.54, 1.807) is 5.57 Å². The van der Waals surface area contributed by atoms with E-state index < -0.39 is 5.60 Å². The molecule has 0 saturated heterocycles. The molecule has 0 aromatic rings. The molecule has 0 aromatic heterocycles. The van der Waals surface area contributed by atoms with Gasteiger partial charge in [0.15, 0.2) is 0 Å². The lowest BCUT2D eigenvalue weighted by Crippen LogP contribution is -2.39. The molecule has 1 N–H and O–H groups in total. The summed E-state index contributed by atoms with van der Waals surface area (Å²) in [5.41, 5.74) is 2.98. The summed E-state index contributed by atoms with van der Waals surface area (Å²) in [5.74, 6) is 3.56. The fraction of sp³-hybridized carbons (Fsp3) is 0.840. The summed E-state index contributed by atoms with van der Waals surface area (Å²) in [6.07, 6.45) is 15.0. The SMILES string of the molecule is CC(C)=CCC[C@H](C)[C@H]1CC[C@]2(C)C[C@H]3[C@H](CC[C@@]3(C)O)/C(C)=C\C[C@@H]12. The first kappa shape index (κ1) is 20.2. The van der Waals surface area contributed by atoms with Crippen molar-refractivity contribution in [3.63, 3.8) is 0 Å². The minimum absolute atomic E-state index is 0.421. The molecule has 0 aliphatic heterocycles. The second-order valence-electron chi connectivity index (χ2n) is 10.8. The maximum Gasteiger partial charge on any atom is 0.0653 e. The predicted octanol–water partition coefficient (Wildman–Crippen LogP) is 6.92. The Bertz CT molecular complexity index is 565. The maximum absolute atomic E-state index is 11.1. The predicted molar refractivity (Wildman–Crippen MR) is 112 cm³/mol. The van der Waals surface area contributed by atoms with Gasteiger partial charge < -0.3 is 5.11 Å². The van der Waals surface area contributed by atoms with Crippen molar-refractivity contribution in [2.75, 3.05) is 0 Å². The van der Waals surface area contributed by atoms with Crippen LogP contribution in [-0.2, 0) is 0 Å². The zero-order valence-corrected chi connectivity index (χ0v) is 18.1. The Labute approximate surface area is 162 Å². The molecule has 26 heavy (non-hydrogen) atoms. The molecule has 0 radical (unpaired) electrons. The van der Waals surface area contributed by atoms with Gasteiger partial charge in [-0.05, 0) is 114 Å². The first-order chi connectivity index (χ1) is 12.1. The summed E-state index contributed by atoms with van der Waals surface area (Å²) in [4.78, 5) is 0. The normalized spacial score (nSPS) is 45.7. The molecule has 0 spiro atoms. The van der Waals surface area contributed by atoms with Gasteiger partial charge in [0.05, 0.1) is 5.60 Å². The monoisotopic (exact) mass is 358 g/mol. The Hall–Kier alpha value is -0.560. The number of hydrogen-bond donors (Lipinski definition) is 1. The van der Waals surface area contributed by atoms with Crippen molar-refractivity contribution < 1.29 is 5.11 Å². The van der Waals surface area contributed by atoms with E-state index in [1.807, 2.05) is 0 Å². The highest BCUT2D eigenvalue weighted by molar-refractivity contribution is 5.16. The van der Waals surface area contributed by atoms with E-state index in [-0.39, 0.29) is 0 Å². The molecule has 0 amide bonds. The third kappa shape index (κ3) is 3.84. The quantitative estimate of drug-likeness (QED) is 0.541. The summed E-state index contributed by atoms with van der Waals surface area (Å²) in [5, 5.41) is 11.1. The maximum atomic E-state index is 11.1. The van der Waals surface area contributed by atoms with Gasteiger partial charge in [-0.3, -0.25) is 0 Å². The Morgan fingerprint density at radius 2 is 1.96 bits per heavy atom. The number of allylic oxidation sites excluding steroid dienone is 4. The van der Waals surface area contributed by atoms with Crippen LogP contribution in [0.25, 0.3) is 0 Å². The van der Waals surface area contributed by atoms with Crippen molar-refractivity contribution in [2.24, 2.45) is 35.0 Å². The third-order valence-electron chi connectivity index (χ3n) is 8.58. The van der Waals surface area contributed by atoms with Crippen molar-refractivity contribution in [3.8, 4) is 0 Å². The summed E-state index contributed by atoms with van der Waals surface area (Å²) in [6.45, 7) is 13.9. The van der Waals surface area contributed by atoms with Crippen LogP contribution in [-0.4, -0.2) is 10.7 Å². The molecule has 1 heteroatoms. The zero-order valence-electron chi connectivity index (χ0n) is 18.1.